The molecule has 0 saturated carbocycles. The molecule has 2 N–H and O–H groups in total. The van der Waals surface area contributed by atoms with Crippen LogP contribution < -0.4 is 10.6 Å². The molecular formula is C11H22N4O4S. The van der Waals surface area contributed by atoms with Crippen molar-refractivity contribution < 1.29 is 18.0 Å². The van der Waals surface area contributed by atoms with Crippen LogP contribution in [-0.4, -0.2) is 74.6 Å². The molecule has 116 valence electrons. The molecule has 8 nitrogen and oxygen atoms in total. The van der Waals surface area contributed by atoms with E-state index >= 15 is 0 Å². The highest BCUT2D eigenvalue weighted by Crippen LogP contribution is 2.10. The van der Waals surface area contributed by atoms with Gasteiger partial charge < -0.3 is 5.32 Å². The van der Waals surface area contributed by atoms with Crippen molar-refractivity contribution in [2.75, 3.05) is 39.0 Å². The zero-order valence-electron chi connectivity index (χ0n) is 12.0. The first-order chi connectivity index (χ1) is 9.31. The largest absolute Gasteiger partial charge is 0.341 e. The Morgan fingerprint density at radius 1 is 1.20 bits per heavy atom. The number of nitrogens with one attached hydrogen (secondary N) is 2. The Bertz CT molecular complexity index is 457. The van der Waals surface area contributed by atoms with Crippen LogP contribution in [0.5, 0.6) is 0 Å². The maximum Gasteiger partial charge on any atom is 0.321 e. The number of rotatable bonds is 4. The molecule has 3 amide bonds. The fourth-order valence-corrected chi connectivity index (χ4v) is 3.08. The van der Waals surface area contributed by atoms with Gasteiger partial charge in [-0.1, -0.05) is 0 Å². The molecule has 20 heavy (non-hydrogen) atoms. The van der Waals surface area contributed by atoms with Gasteiger partial charge in [0.15, 0.2) is 0 Å². The molecule has 1 aliphatic heterocycles. The van der Waals surface area contributed by atoms with Gasteiger partial charge in [-0.15, -0.1) is 0 Å². The molecule has 1 atom stereocenters. The van der Waals surface area contributed by atoms with Crippen LogP contribution in [0.1, 0.15) is 13.8 Å². The summed E-state index contributed by atoms with van der Waals surface area (Å²) in [6, 6.07) is -1.02. The summed E-state index contributed by atoms with van der Waals surface area (Å²) in [7, 11) is -1.74. The summed E-state index contributed by atoms with van der Waals surface area (Å²) in [5.41, 5.74) is 0. The van der Waals surface area contributed by atoms with Crippen LogP contribution in [0.4, 0.5) is 4.79 Å². The minimum absolute atomic E-state index is 0.0830. The number of sulfonamides is 1. The molecule has 0 aromatic heterocycles. The van der Waals surface area contributed by atoms with E-state index in [1.165, 1.54) is 11.4 Å². The highest BCUT2D eigenvalue weighted by Gasteiger charge is 2.30. The number of nitrogens with zero attached hydrogens (tertiary/aromatic N) is 2. The SMILES string of the molecule is CCS(=O)(=O)N1CCN(C(C)C(=O)NC(=O)NC)CC1. The van der Waals surface area contributed by atoms with E-state index in [4.69, 9.17) is 0 Å². The Morgan fingerprint density at radius 3 is 2.20 bits per heavy atom. The minimum atomic E-state index is -3.17. The van der Waals surface area contributed by atoms with Crippen LogP contribution in [-0.2, 0) is 14.8 Å². The van der Waals surface area contributed by atoms with Crippen LogP contribution >= 0.6 is 0 Å². The number of amides is 3. The molecule has 1 fully saturated rings. The zero-order valence-corrected chi connectivity index (χ0v) is 12.9. The van der Waals surface area contributed by atoms with Crippen molar-refractivity contribution in [2.24, 2.45) is 0 Å². The molecule has 0 bridgehead atoms. The van der Waals surface area contributed by atoms with Crippen LogP contribution in [0.25, 0.3) is 0 Å². The van der Waals surface area contributed by atoms with Gasteiger partial charge in [0, 0.05) is 33.2 Å². The minimum Gasteiger partial charge on any atom is -0.341 e. The van der Waals surface area contributed by atoms with E-state index in [9.17, 15) is 18.0 Å². The number of hydrogen-bond donors (Lipinski definition) is 2. The van der Waals surface area contributed by atoms with E-state index < -0.39 is 28.0 Å². The molecule has 1 rings (SSSR count). The fraction of sp³-hybridized carbons (Fsp3) is 0.818. The summed E-state index contributed by atoms with van der Waals surface area (Å²) < 4.78 is 24.9. The topological polar surface area (TPSA) is 98.8 Å². The van der Waals surface area contributed by atoms with Crippen LogP contribution in [0, 0.1) is 0 Å². The highest BCUT2D eigenvalue weighted by molar-refractivity contribution is 7.89. The Balaban J connectivity index is 2.53. The van der Waals surface area contributed by atoms with Gasteiger partial charge >= 0.3 is 6.03 Å². The molecule has 0 aromatic rings. The first-order valence-electron chi connectivity index (χ1n) is 6.56. The number of piperazine rings is 1. The molecule has 0 radical (unpaired) electrons. The standard InChI is InChI=1S/C11H22N4O4S/c1-4-20(18,19)15-7-5-14(6-8-15)9(2)10(16)13-11(17)12-3/h9H,4-8H2,1-3H3,(H2,12,13,16,17). The average Bonchev–Trinajstić information content (AvgIpc) is 2.46. The first kappa shape index (κ1) is 16.9. The van der Waals surface area contributed by atoms with Gasteiger partial charge in [0.25, 0.3) is 0 Å². The highest BCUT2D eigenvalue weighted by atomic mass is 32.2. The van der Waals surface area contributed by atoms with Gasteiger partial charge in [-0.2, -0.15) is 4.31 Å². The monoisotopic (exact) mass is 306 g/mol. The third-order valence-electron chi connectivity index (χ3n) is 3.42. The number of urea groups is 1. The van der Waals surface area contributed by atoms with Crippen LogP contribution in [0.15, 0.2) is 0 Å². The third-order valence-corrected chi connectivity index (χ3v) is 5.30. The molecular weight excluding hydrogens is 284 g/mol. The summed E-state index contributed by atoms with van der Waals surface area (Å²) in [6.07, 6.45) is 0. The third kappa shape index (κ3) is 4.15. The lowest BCUT2D eigenvalue weighted by atomic mass is 10.2. The maximum absolute atomic E-state index is 11.8. The maximum atomic E-state index is 11.8. The van der Waals surface area contributed by atoms with E-state index in [-0.39, 0.29) is 5.75 Å². The lowest BCUT2D eigenvalue weighted by Gasteiger charge is -2.36. The lowest BCUT2D eigenvalue weighted by Crippen LogP contribution is -2.56. The van der Waals surface area contributed by atoms with Crippen molar-refractivity contribution in [1.82, 2.24) is 19.8 Å². The average molecular weight is 306 g/mol. The Kier molecular flexibility index (Phi) is 5.90. The van der Waals surface area contributed by atoms with Crippen molar-refractivity contribution in [2.45, 2.75) is 19.9 Å². The van der Waals surface area contributed by atoms with Crippen molar-refractivity contribution in [3.05, 3.63) is 0 Å². The normalized spacial score (nSPS) is 19.4. The molecule has 1 heterocycles. The summed E-state index contributed by atoms with van der Waals surface area (Å²) in [4.78, 5) is 24.7. The molecule has 1 unspecified atom stereocenters. The van der Waals surface area contributed by atoms with Gasteiger partial charge in [0.2, 0.25) is 15.9 Å². The van der Waals surface area contributed by atoms with Gasteiger partial charge in [-0.25, -0.2) is 13.2 Å². The molecule has 0 aromatic carbocycles. The smallest absolute Gasteiger partial charge is 0.321 e. The zero-order chi connectivity index (χ0) is 15.3. The van der Waals surface area contributed by atoms with Crippen molar-refractivity contribution in [3.63, 3.8) is 0 Å². The predicted octanol–water partition coefficient (Wildman–Crippen LogP) is -1.20. The van der Waals surface area contributed by atoms with Gasteiger partial charge in [0.05, 0.1) is 11.8 Å². The van der Waals surface area contributed by atoms with Gasteiger partial charge in [-0.05, 0) is 13.8 Å². The summed E-state index contributed by atoms with van der Waals surface area (Å²) in [5.74, 6) is -0.309. The number of hydrogen-bond acceptors (Lipinski definition) is 5. The lowest BCUT2D eigenvalue weighted by molar-refractivity contribution is -0.125. The summed E-state index contributed by atoms with van der Waals surface area (Å²) in [6.45, 7) is 4.99. The van der Waals surface area contributed by atoms with Crippen molar-refractivity contribution >= 4 is 22.0 Å². The summed E-state index contributed by atoms with van der Waals surface area (Å²) in [5, 5.41) is 4.53. The Hall–Kier alpha value is -1.19. The fourth-order valence-electron chi connectivity index (χ4n) is 2.00. The molecule has 1 saturated heterocycles. The van der Waals surface area contributed by atoms with Crippen LogP contribution in [0.3, 0.4) is 0 Å². The number of carbonyl (C=O) groups is 2. The van der Waals surface area contributed by atoms with Gasteiger partial charge in [0.1, 0.15) is 0 Å². The van der Waals surface area contributed by atoms with Gasteiger partial charge in [-0.3, -0.25) is 15.0 Å². The van der Waals surface area contributed by atoms with Crippen LogP contribution in [0.2, 0.25) is 0 Å². The Labute approximate surface area is 119 Å². The van der Waals surface area contributed by atoms with E-state index in [1.54, 1.807) is 13.8 Å². The summed E-state index contributed by atoms with van der Waals surface area (Å²) >= 11 is 0. The number of carbonyl (C=O) groups excluding carboxylic acids is 2. The molecule has 0 spiro atoms. The second-order valence-electron chi connectivity index (χ2n) is 4.58. The molecule has 9 heteroatoms. The van der Waals surface area contributed by atoms with E-state index in [1.807, 2.05) is 4.90 Å². The molecule has 0 aliphatic carbocycles. The predicted molar refractivity (Wildman–Crippen MR) is 74.7 cm³/mol. The first-order valence-corrected chi connectivity index (χ1v) is 8.17. The molecule has 1 aliphatic rings. The van der Waals surface area contributed by atoms with E-state index in [0.29, 0.717) is 26.2 Å². The Morgan fingerprint density at radius 2 is 1.75 bits per heavy atom. The van der Waals surface area contributed by atoms with E-state index in [2.05, 4.69) is 10.6 Å². The second-order valence-corrected chi connectivity index (χ2v) is 6.84. The van der Waals surface area contributed by atoms with Crippen molar-refractivity contribution in [1.29, 1.82) is 0 Å². The second kappa shape index (κ2) is 7.00. The van der Waals surface area contributed by atoms with Crippen molar-refractivity contribution in [3.8, 4) is 0 Å². The quantitative estimate of drug-likeness (QED) is 0.679. The van der Waals surface area contributed by atoms with E-state index in [0.717, 1.165) is 0 Å². The number of imide groups is 1.